The van der Waals surface area contributed by atoms with E-state index in [1.165, 1.54) is 5.56 Å². The first kappa shape index (κ1) is 18.4. The lowest BCUT2D eigenvalue weighted by Gasteiger charge is -2.21. The molecule has 0 atom stereocenters. The monoisotopic (exact) mass is 379 g/mol. The number of rotatable bonds is 6. The number of aryl methyl sites for hydroxylation is 1. The van der Waals surface area contributed by atoms with Crippen LogP contribution in [0.5, 0.6) is 17.2 Å². The number of fused-ring (bicyclic) bond motifs is 1. The lowest BCUT2D eigenvalue weighted by molar-refractivity contribution is 0.165. The van der Waals surface area contributed by atoms with Crippen LogP contribution in [0, 0.1) is 13.8 Å². The van der Waals surface area contributed by atoms with Gasteiger partial charge in [-0.15, -0.1) is 0 Å². The van der Waals surface area contributed by atoms with Gasteiger partial charge in [-0.25, -0.2) is 4.68 Å². The van der Waals surface area contributed by atoms with E-state index in [0.717, 1.165) is 34.9 Å². The fourth-order valence-corrected chi connectivity index (χ4v) is 3.51. The van der Waals surface area contributed by atoms with Gasteiger partial charge >= 0.3 is 0 Å². The molecule has 0 saturated heterocycles. The highest BCUT2D eigenvalue weighted by atomic mass is 16.6. The van der Waals surface area contributed by atoms with Crippen molar-refractivity contribution in [2.45, 2.75) is 26.9 Å². The van der Waals surface area contributed by atoms with E-state index in [0.29, 0.717) is 31.3 Å². The Morgan fingerprint density at radius 3 is 2.64 bits per heavy atom. The molecule has 3 aromatic rings. The minimum atomic E-state index is 0.547. The average Bonchev–Trinajstić information content (AvgIpc) is 3.02. The van der Waals surface area contributed by atoms with Gasteiger partial charge in [0.2, 0.25) is 5.75 Å². The van der Waals surface area contributed by atoms with Gasteiger partial charge < -0.3 is 19.5 Å². The number of nitrogens with zero attached hydrogens (tertiary/aromatic N) is 2. The minimum Gasteiger partial charge on any atom is -0.493 e. The molecule has 0 unspecified atom stereocenters. The van der Waals surface area contributed by atoms with Crippen LogP contribution >= 0.6 is 0 Å². The van der Waals surface area contributed by atoms with E-state index in [1.54, 1.807) is 7.11 Å². The maximum absolute atomic E-state index is 5.72. The van der Waals surface area contributed by atoms with E-state index in [9.17, 15) is 0 Å². The van der Waals surface area contributed by atoms with Crippen LogP contribution in [0.15, 0.2) is 42.5 Å². The highest BCUT2D eigenvalue weighted by Gasteiger charge is 2.18. The number of ether oxygens (including phenoxy) is 3. The van der Waals surface area contributed by atoms with Gasteiger partial charge in [0.1, 0.15) is 13.2 Å². The zero-order chi connectivity index (χ0) is 19.5. The molecule has 0 saturated carbocycles. The molecule has 0 bridgehead atoms. The summed E-state index contributed by atoms with van der Waals surface area (Å²) in [6, 6.07) is 14.2. The third kappa shape index (κ3) is 3.55. The van der Waals surface area contributed by atoms with Crippen LogP contribution in [0.1, 0.15) is 22.5 Å². The highest BCUT2D eigenvalue weighted by molar-refractivity contribution is 5.54. The molecule has 2 aromatic carbocycles. The SMILES string of the molecule is COc1cc(CNCc2c(C)nn(-c3ccccc3)c2C)cc2c1OCCO2. The van der Waals surface area contributed by atoms with Crippen molar-refractivity contribution >= 4 is 0 Å². The van der Waals surface area contributed by atoms with Gasteiger partial charge in [0.15, 0.2) is 11.5 Å². The molecule has 1 aliphatic heterocycles. The third-order valence-corrected chi connectivity index (χ3v) is 4.96. The summed E-state index contributed by atoms with van der Waals surface area (Å²) >= 11 is 0. The third-order valence-electron chi connectivity index (χ3n) is 4.96. The van der Waals surface area contributed by atoms with Crippen molar-refractivity contribution in [1.82, 2.24) is 15.1 Å². The molecular weight excluding hydrogens is 354 g/mol. The molecule has 6 heteroatoms. The average molecular weight is 379 g/mol. The van der Waals surface area contributed by atoms with Gasteiger partial charge in [-0.3, -0.25) is 0 Å². The first-order valence-electron chi connectivity index (χ1n) is 9.45. The largest absolute Gasteiger partial charge is 0.493 e. The van der Waals surface area contributed by atoms with Gasteiger partial charge in [-0.2, -0.15) is 5.10 Å². The van der Waals surface area contributed by atoms with E-state index in [-0.39, 0.29) is 0 Å². The molecule has 146 valence electrons. The van der Waals surface area contributed by atoms with Crippen LogP contribution in [0.2, 0.25) is 0 Å². The number of nitrogens with one attached hydrogen (secondary N) is 1. The molecule has 1 N–H and O–H groups in total. The Morgan fingerprint density at radius 1 is 1.07 bits per heavy atom. The van der Waals surface area contributed by atoms with Crippen LogP contribution < -0.4 is 19.5 Å². The molecule has 4 rings (SSSR count). The first-order chi connectivity index (χ1) is 13.7. The molecule has 1 aromatic heterocycles. The Kier molecular flexibility index (Phi) is 5.21. The fourth-order valence-electron chi connectivity index (χ4n) is 3.51. The highest BCUT2D eigenvalue weighted by Crippen LogP contribution is 2.40. The quantitative estimate of drug-likeness (QED) is 0.710. The van der Waals surface area contributed by atoms with Crippen molar-refractivity contribution in [3.63, 3.8) is 0 Å². The molecule has 2 heterocycles. The summed E-state index contributed by atoms with van der Waals surface area (Å²) in [7, 11) is 1.65. The van der Waals surface area contributed by atoms with E-state index in [2.05, 4.69) is 31.3 Å². The number of para-hydroxylation sites is 1. The molecule has 6 nitrogen and oxygen atoms in total. The van der Waals surface area contributed by atoms with Crippen molar-refractivity contribution in [3.05, 3.63) is 65.0 Å². The standard InChI is InChI=1S/C22H25N3O3/c1-15-19(16(2)25(24-15)18-7-5-4-6-8-18)14-23-13-17-11-20(26-3)22-21(12-17)27-9-10-28-22/h4-8,11-12,23H,9-10,13-14H2,1-3H3. The van der Waals surface area contributed by atoms with Crippen LogP contribution in [-0.4, -0.2) is 30.1 Å². The van der Waals surface area contributed by atoms with Crippen molar-refractivity contribution in [2.75, 3.05) is 20.3 Å². The second-order valence-electron chi connectivity index (χ2n) is 6.82. The summed E-state index contributed by atoms with van der Waals surface area (Å²) in [5.74, 6) is 2.14. The lowest BCUT2D eigenvalue weighted by atomic mass is 10.1. The van der Waals surface area contributed by atoms with Crippen molar-refractivity contribution < 1.29 is 14.2 Å². The first-order valence-corrected chi connectivity index (χ1v) is 9.45. The minimum absolute atomic E-state index is 0.547. The number of methoxy groups -OCH3 is 1. The summed E-state index contributed by atoms with van der Waals surface area (Å²) in [4.78, 5) is 0. The second-order valence-corrected chi connectivity index (χ2v) is 6.82. The predicted molar refractivity (Wildman–Crippen MR) is 108 cm³/mol. The van der Waals surface area contributed by atoms with Gasteiger partial charge in [-0.05, 0) is 43.7 Å². The van der Waals surface area contributed by atoms with Crippen molar-refractivity contribution in [3.8, 4) is 22.9 Å². The van der Waals surface area contributed by atoms with E-state index in [1.807, 2.05) is 35.0 Å². The predicted octanol–water partition coefficient (Wildman–Crippen LogP) is 3.56. The summed E-state index contributed by atoms with van der Waals surface area (Å²) in [5, 5.41) is 8.23. The molecule has 0 fully saturated rings. The number of hydrogen-bond donors (Lipinski definition) is 1. The summed E-state index contributed by atoms with van der Waals surface area (Å²) < 4.78 is 18.8. The molecule has 0 radical (unpaired) electrons. The maximum atomic E-state index is 5.72. The Balaban J connectivity index is 1.48. The number of benzene rings is 2. The zero-order valence-corrected chi connectivity index (χ0v) is 16.5. The maximum Gasteiger partial charge on any atom is 0.203 e. The molecule has 1 aliphatic rings. The number of aromatic nitrogens is 2. The van der Waals surface area contributed by atoms with Gasteiger partial charge in [-0.1, -0.05) is 18.2 Å². The van der Waals surface area contributed by atoms with Gasteiger partial charge in [0.25, 0.3) is 0 Å². The van der Waals surface area contributed by atoms with E-state index in [4.69, 9.17) is 19.3 Å². The topological polar surface area (TPSA) is 57.5 Å². The van der Waals surface area contributed by atoms with Crippen LogP contribution in [0.3, 0.4) is 0 Å². The number of hydrogen-bond acceptors (Lipinski definition) is 5. The van der Waals surface area contributed by atoms with Crippen LogP contribution in [0.25, 0.3) is 5.69 Å². The lowest BCUT2D eigenvalue weighted by Crippen LogP contribution is -2.18. The summed E-state index contributed by atoms with van der Waals surface area (Å²) in [5.41, 5.74) is 5.57. The second kappa shape index (κ2) is 7.94. The van der Waals surface area contributed by atoms with Crippen molar-refractivity contribution in [1.29, 1.82) is 0 Å². The van der Waals surface area contributed by atoms with Gasteiger partial charge in [0.05, 0.1) is 18.5 Å². The Labute approximate surface area is 165 Å². The van der Waals surface area contributed by atoms with E-state index < -0.39 is 0 Å². The Bertz CT molecular complexity index is 950. The molecule has 28 heavy (non-hydrogen) atoms. The molecular formula is C22H25N3O3. The molecule has 0 spiro atoms. The van der Waals surface area contributed by atoms with Gasteiger partial charge in [0, 0.05) is 24.3 Å². The normalized spacial score (nSPS) is 12.8. The fraction of sp³-hybridized carbons (Fsp3) is 0.318. The Hall–Kier alpha value is -2.99. The van der Waals surface area contributed by atoms with Crippen molar-refractivity contribution in [2.24, 2.45) is 0 Å². The molecule has 0 aliphatic carbocycles. The van der Waals surface area contributed by atoms with E-state index >= 15 is 0 Å². The summed E-state index contributed by atoms with van der Waals surface area (Å²) in [6.45, 7) is 6.70. The van der Waals surface area contributed by atoms with Crippen LogP contribution in [-0.2, 0) is 13.1 Å². The summed E-state index contributed by atoms with van der Waals surface area (Å²) in [6.07, 6.45) is 0. The van der Waals surface area contributed by atoms with Crippen LogP contribution in [0.4, 0.5) is 0 Å². The Morgan fingerprint density at radius 2 is 1.86 bits per heavy atom. The smallest absolute Gasteiger partial charge is 0.203 e. The molecule has 0 amide bonds. The zero-order valence-electron chi connectivity index (χ0n) is 16.5.